The van der Waals surface area contributed by atoms with Gasteiger partial charge in [0.05, 0.1) is 29.0 Å². The zero-order valence-electron chi connectivity index (χ0n) is 18.0. The second-order valence-electron chi connectivity index (χ2n) is 7.46. The molecule has 1 amide bonds. The maximum absolute atomic E-state index is 13.0. The molecule has 0 spiro atoms. The van der Waals surface area contributed by atoms with E-state index in [0.717, 1.165) is 16.9 Å². The summed E-state index contributed by atoms with van der Waals surface area (Å²) < 4.78 is 6.59. The lowest BCUT2D eigenvalue weighted by molar-refractivity contribution is -0.116. The Bertz CT molecular complexity index is 1430. The molecule has 0 aliphatic carbocycles. The molecule has 0 aliphatic rings. The number of aryl methyl sites for hydroxylation is 1. The molecule has 2 heterocycles. The van der Waals surface area contributed by atoms with Gasteiger partial charge in [-0.15, -0.1) is 11.3 Å². The molecule has 4 rings (SSSR count). The van der Waals surface area contributed by atoms with E-state index in [1.54, 1.807) is 19.1 Å². The highest BCUT2D eigenvalue weighted by Gasteiger charge is 2.21. The van der Waals surface area contributed by atoms with Crippen LogP contribution in [0.15, 0.2) is 59.7 Å². The highest BCUT2D eigenvalue weighted by Crippen LogP contribution is 2.28. The van der Waals surface area contributed by atoms with Crippen LogP contribution in [0.25, 0.3) is 10.2 Å². The Balaban J connectivity index is 1.49. The van der Waals surface area contributed by atoms with Crippen LogP contribution in [0.4, 0.5) is 5.69 Å². The SMILES string of the molecule is Cc1c(C(=O)OCCc2ccccc2)sc2ncn(CC(=O)Nc3cc(Cl)ccc3Cl)c(=O)c12. The second-order valence-corrected chi connectivity index (χ2v) is 9.30. The fourth-order valence-electron chi connectivity index (χ4n) is 3.38. The summed E-state index contributed by atoms with van der Waals surface area (Å²) in [6.07, 6.45) is 1.87. The molecule has 174 valence electrons. The third kappa shape index (κ3) is 5.30. The molecule has 10 heteroatoms. The third-order valence-electron chi connectivity index (χ3n) is 5.09. The predicted octanol–water partition coefficient (Wildman–Crippen LogP) is 5.11. The summed E-state index contributed by atoms with van der Waals surface area (Å²) in [6.45, 7) is 1.61. The first-order valence-corrected chi connectivity index (χ1v) is 11.8. The van der Waals surface area contributed by atoms with Crippen molar-refractivity contribution < 1.29 is 14.3 Å². The molecule has 0 fully saturated rings. The van der Waals surface area contributed by atoms with Crippen LogP contribution in [-0.4, -0.2) is 28.0 Å². The lowest BCUT2D eigenvalue weighted by Gasteiger charge is -2.09. The molecule has 4 aromatic rings. The number of nitrogens with zero attached hydrogens (tertiary/aromatic N) is 2. The van der Waals surface area contributed by atoms with E-state index in [2.05, 4.69) is 10.3 Å². The van der Waals surface area contributed by atoms with E-state index in [1.807, 2.05) is 30.3 Å². The number of fused-ring (bicyclic) bond motifs is 1. The summed E-state index contributed by atoms with van der Waals surface area (Å²) in [5.41, 5.74) is 1.46. The van der Waals surface area contributed by atoms with Crippen LogP contribution in [-0.2, 0) is 22.5 Å². The van der Waals surface area contributed by atoms with Crippen molar-refractivity contribution in [2.24, 2.45) is 0 Å². The number of thiophene rings is 1. The van der Waals surface area contributed by atoms with E-state index in [9.17, 15) is 14.4 Å². The van der Waals surface area contributed by atoms with Gasteiger partial charge in [-0.1, -0.05) is 53.5 Å². The Labute approximate surface area is 208 Å². The maximum Gasteiger partial charge on any atom is 0.348 e. The van der Waals surface area contributed by atoms with Crippen molar-refractivity contribution >= 4 is 62.3 Å². The number of rotatable bonds is 7. The average molecular weight is 516 g/mol. The minimum atomic E-state index is -0.504. The van der Waals surface area contributed by atoms with Crippen molar-refractivity contribution in [3.63, 3.8) is 0 Å². The van der Waals surface area contributed by atoms with Crippen molar-refractivity contribution in [1.29, 1.82) is 0 Å². The largest absolute Gasteiger partial charge is 0.461 e. The topological polar surface area (TPSA) is 90.3 Å². The number of amides is 1. The molecule has 0 atom stereocenters. The first kappa shape index (κ1) is 23.9. The van der Waals surface area contributed by atoms with Crippen LogP contribution in [0.1, 0.15) is 20.8 Å². The average Bonchev–Trinajstić information content (AvgIpc) is 3.16. The van der Waals surface area contributed by atoms with Gasteiger partial charge in [0.15, 0.2) is 0 Å². The number of ether oxygens (including phenoxy) is 1. The van der Waals surface area contributed by atoms with Crippen LogP contribution < -0.4 is 10.9 Å². The highest BCUT2D eigenvalue weighted by atomic mass is 35.5. The Morgan fingerprint density at radius 2 is 1.91 bits per heavy atom. The number of anilines is 1. The number of benzene rings is 2. The highest BCUT2D eigenvalue weighted by molar-refractivity contribution is 7.20. The van der Waals surface area contributed by atoms with Crippen LogP contribution in [0.2, 0.25) is 10.0 Å². The fourth-order valence-corrected chi connectivity index (χ4v) is 4.75. The van der Waals surface area contributed by atoms with E-state index in [4.69, 9.17) is 27.9 Å². The molecule has 1 N–H and O–H groups in total. The van der Waals surface area contributed by atoms with Gasteiger partial charge >= 0.3 is 5.97 Å². The summed E-state index contributed by atoms with van der Waals surface area (Å²) >= 11 is 13.1. The van der Waals surface area contributed by atoms with Gasteiger partial charge in [0.25, 0.3) is 5.56 Å². The number of carbonyl (C=O) groups excluding carboxylic acids is 2. The molecule has 2 aromatic heterocycles. The minimum Gasteiger partial charge on any atom is -0.461 e. The molecule has 0 bridgehead atoms. The summed E-state index contributed by atoms with van der Waals surface area (Å²) in [6, 6.07) is 14.4. The minimum absolute atomic E-state index is 0.223. The first-order chi connectivity index (χ1) is 16.3. The second kappa shape index (κ2) is 10.4. The molecule has 0 saturated heterocycles. The predicted molar refractivity (Wildman–Crippen MR) is 134 cm³/mol. The molecule has 0 saturated carbocycles. The summed E-state index contributed by atoms with van der Waals surface area (Å²) in [5.74, 6) is -0.975. The fraction of sp³-hybridized carbons (Fsp3) is 0.167. The summed E-state index contributed by atoms with van der Waals surface area (Å²) in [5, 5.41) is 3.66. The molecule has 7 nitrogen and oxygen atoms in total. The zero-order chi connectivity index (χ0) is 24.2. The van der Waals surface area contributed by atoms with Gasteiger partial charge in [-0.05, 0) is 36.2 Å². The van der Waals surface area contributed by atoms with Crippen molar-refractivity contribution in [1.82, 2.24) is 9.55 Å². The number of hydrogen-bond acceptors (Lipinski definition) is 6. The number of hydrogen-bond donors (Lipinski definition) is 1. The standard InChI is InChI=1S/C24H19Cl2N3O4S/c1-14-20-22(34-21(14)24(32)33-10-9-15-5-3-2-4-6-15)27-13-29(23(20)31)12-19(30)28-18-11-16(25)7-8-17(18)26/h2-8,11,13H,9-10,12H2,1H3,(H,28,30). The first-order valence-electron chi connectivity index (χ1n) is 10.3. The van der Waals surface area contributed by atoms with E-state index in [-0.39, 0.29) is 18.5 Å². The van der Waals surface area contributed by atoms with Gasteiger partial charge in [0, 0.05) is 11.4 Å². The Morgan fingerprint density at radius 3 is 2.68 bits per heavy atom. The normalized spacial score (nSPS) is 10.9. The maximum atomic E-state index is 13.0. The summed E-state index contributed by atoms with van der Waals surface area (Å²) in [7, 11) is 0. The van der Waals surface area contributed by atoms with Crippen molar-refractivity contribution in [2.45, 2.75) is 19.9 Å². The molecular weight excluding hydrogens is 497 g/mol. The quantitative estimate of drug-likeness (QED) is 0.345. The third-order valence-corrected chi connectivity index (χ3v) is 6.83. The molecule has 2 aromatic carbocycles. The molecule has 34 heavy (non-hydrogen) atoms. The smallest absolute Gasteiger partial charge is 0.348 e. The van der Waals surface area contributed by atoms with E-state index in [1.165, 1.54) is 17.0 Å². The number of nitrogens with one attached hydrogen (secondary N) is 1. The number of carbonyl (C=O) groups is 2. The van der Waals surface area contributed by atoms with E-state index in [0.29, 0.717) is 37.4 Å². The molecule has 0 unspecified atom stereocenters. The number of halogens is 2. The monoisotopic (exact) mass is 515 g/mol. The zero-order valence-corrected chi connectivity index (χ0v) is 20.3. The number of aromatic nitrogens is 2. The Kier molecular flexibility index (Phi) is 7.31. The van der Waals surface area contributed by atoms with Gasteiger partial charge in [-0.3, -0.25) is 14.2 Å². The van der Waals surface area contributed by atoms with Gasteiger partial charge < -0.3 is 10.1 Å². The van der Waals surface area contributed by atoms with Gasteiger partial charge in [-0.2, -0.15) is 0 Å². The molecule has 0 aliphatic heterocycles. The van der Waals surface area contributed by atoms with Crippen molar-refractivity contribution in [3.8, 4) is 0 Å². The van der Waals surface area contributed by atoms with Gasteiger partial charge in [0.2, 0.25) is 5.91 Å². The van der Waals surface area contributed by atoms with Crippen LogP contribution in [0.3, 0.4) is 0 Å². The van der Waals surface area contributed by atoms with E-state index >= 15 is 0 Å². The lowest BCUT2D eigenvalue weighted by Crippen LogP contribution is -2.28. The number of esters is 1. The van der Waals surface area contributed by atoms with Crippen LogP contribution in [0.5, 0.6) is 0 Å². The Morgan fingerprint density at radius 1 is 1.15 bits per heavy atom. The lowest BCUT2D eigenvalue weighted by atomic mass is 10.2. The van der Waals surface area contributed by atoms with E-state index < -0.39 is 17.4 Å². The van der Waals surface area contributed by atoms with Crippen molar-refractivity contribution in [2.75, 3.05) is 11.9 Å². The van der Waals surface area contributed by atoms with Crippen LogP contribution in [0, 0.1) is 6.92 Å². The van der Waals surface area contributed by atoms with Crippen molar-refractivity contribution in [3.05, 3.63) is 91.3 Å². The Hall–Kier alpha value is -3.20. The van der Waals surface area contributed by atoms with Gasteiger partial charge in [0.1, 0.15) is 16.3 Å². The van der Waals surface area contributed by atoms with Gasteiger partial charge in [-0.25, -0.2) is 9.78 Å². The molecule has 0 radical (unpaired) electrons. The molecular formula is C24H19Cl2N3O4S. The summed E-state index contributed by atoms with van der Waals surface area (Å²) in [4.78, 5) is 43.2. The van der Waals surface area contributed by atoms with Crippen LogP contribution >= 0.6 is 34.5 Å².